The van der Waals surface area contributed by atoms with Gasteiger partial charge in [-0.15, -0.1) is 0 Å². The average Bonchev–Trinajstić information content (AvgIpc) is 2.67. The van der Waals surface area contributed by atoms with E-state index in [1.54, 1.807) is 0 Å². The normalized spacial score (nSPS) is 24.9. The molecule has 1 aliphatic heterocycles. The first-order valence-corrected chi connectivity index (χ1v) is 7.03. The fourth-order valence-corrected chi connectivity index (χ4v) is 2.87. The van der Waals surface area contributed by atoms with Crippen LogP contribution < -0.4 is 10.6 Å². The molecule has 0 aromatic rings. The summed E-state index contributed by atoms with van der Waals surface area (Å²) in [5.41, 5.74) is -0.378. The predicted octanol–water partition coefficient (Wildman–Crippen LogP) is 2.60. The Labute approximate surface area is 106 Å². The number of amides is 1. The van der Waals surface area contributed by atoms with Crippen LogP contribution in [0.5, 0.6) is 0 Å². The first-order chi connectivity index (χ1) is 7.96. The maximum absolute atomic E-state index is 12.5. The minimum Gasteiger partial charge on any atom is -0.350 e. The second-order valence-electron chi connectivity index (χ2n) is 5.95. The molecular formula is C14H28N2O. The number of rotatable bonds is 6. The summed E-state index contributed by atoms with van der Waals surface area (Å²) in [6.07, 6.45) is 6.22. The Morgan fingerprint density at radius 3 is 2.53 bits per heavy atom. The average molecular weight is 240 g/mol. The van der Waals surface area contributed by atoms with Gasteiger partial charge in [0.1, 0.15) is 0 Å². The van der Waals surface area contributed by atoms with Crippen LogP contribution in [0.1, 0.15) is 66.2 Å². The summed E-state index contributed by atoms with van der Waals surface area (Å²) in [7, 11) is 0. The lowest BCUT2D eigenvalue weighted by atomic mass is 9.88. The third-order valence-corrected chi connectivity index (χ3v) is 3.68. The molecule has 0 aliphatic carbocycles. The number of carbonyl (C=O) groups is 1. The second kappa shape index (κ2) is 5.85. The highest BCUT2D eigenvalue weighted by Crippen LogP contribution is 2.26. The summed E-state index contributed by atoms with van der Waals surface area (Å²) in [4.78, 5) is 12.5. The smallest absolute Gasteiger partial charge is 0.240 e. The van der Waals surface area contributed by atoms with Crippen LogP contribution in [-0.2, 0) is 4.79 Å². The molecule has 1 atom stereocenters. The number of hydrogen-bond acceptors (Lipinski definition) is 2. The molecule has 1 rings (SSSR count). The molecule has 100 valence electrons. The van der Waals surface area contributed by atoms with Crippen molar-refractivity contribution in [2.75, 3.05) is 6.54 Å². The van der Waals surface area contributed by atoms with Gasteiger partial charge in [0.2, 0.25) is 5.91 Å². The molecule has 17 heavy (non-hydrogen) atoms. The molecule has 2 N–H and O–H groups in total. The van der Waals surface area contributed by atoms with E-state index in [0.717, 1.165) is 45.1 Å². The highest BCUT2D eigenvalue weighted by atomic mass is 16.2. The highest BCUT2D eigenvalue weighted by Gasteiger charge is 2.41. The lowest BCUT2D eigenvalue weighted by molar-refractivity contribution is -0.129. The van der Waals surface area contributed by atoms with E-state index in [1.165, 1.54) is 0 Å². The Hall–Kier alpha value is -0.570. The van der Waals surface area contributed by atoms with Crippen molar-refractivity contribution in [3.05, 3.63) is 0 Å². The van der Waals surface area contributed by atoms with E-state index < -0.39 is 0 Å². The summed E-state index contributed by atoms with van der Waals surface area (Å²) >= 11 is 0. The number of nitrogens with one attached hydrogen (secondary N) is 2. The van der Waals surface area contributed by atoms with Crippen LogP contribution >= 0.6 is 0 Å². The van der Waals surface area contributed by atoms with Gasteiger partial charge in [0, 0.05) is 5.54 Å². The van der Waals surface area contributed by atoms with Crippen LogP contribution in [0.3, 0.4) is 0 Å². The van der Waals surface area contributed by atoms with E-state index >= 15 is 0 Å². The van der Waals surface area contributed by atoms with Crippen LogP contribution in [0.15, 0.2) is 0 Å². The standard InChI is InChI=1S/C14H28N2O/c1-5-8-13(3,4)16-12(17)14(9-6-2)10-7-11-15-14/h15H,5-11H2,1-4H3,(H,16,17). The highest BCUT2D eigenvalue weighted by molar-refractivity contribution is 5.87. The van der Waals surface area contributed by atoms with Crippen LogP contribution in [0.2, 0.25) is 0 Å². The summed E-state index contributed by atoms with van der Waals surface area (Å²) in [5.74, 6) is 0.204. The van der Waals surface area contributed by atoms with E-state index in [-0.39, 0.29) is 17.0 Å². The third kappa shape index (κ3) is 3.70. The van der Waals surface area contributed by atoms with Crippen molar-refractivity contribution in [3.63, 3.8) is 0 Å². The van der Waals surface area contributed by atoms with Crippen LogP contribution in [-0.4, -0.2) is 23.5 Å². The molecule has 1 unspecified atom stereocenters. The van der Waals surface area contributed by atoms with Gasteiger partial charge in [0.25, 0.3) is 0 Å². The SMILES string of the molecule is CCCC(C)(C)NC(=O)C1(CCC)CCCN1. The van der Waals surface area contributed by atoms with Gasteiger partial charge in [-0.2, -0.15) is 0 Å². The molecule has 3 heteroatoms. The van der Waals surface area contributed by atoms with Gasteiger partial charge in [0.05, 0.1) is 5.54 Å². The maximum atomic E-state index is 12.5. The topological polar surface area (TPSA) is 41.1 Å². The lowest BCUT2D eigenvalue weighted by Crippen LogP contribution is -2.58. The van der Waals surface area contributed by atoms with Crippen LogP contribution in [0, 0.1) is 0 Å². The summed E-state index contributed by atoms with van der Waals surface area (Å²) in [6.45, 7) is 9.50. The summed E-state index contributed by atoms with van der Waals surface area (Å²) in [6, 6.07) is 0. The van der Waals surface area contributed by atoms with Crippen LogP contribution in [0.25, 0.3) is 0 Å². The van der Waals surface area contributed by atoms with Gasteiger partial charge in [0.15, 0.2) is 0 Å². The Morgan fingerprint density at radius 2 is 2.06 bits per heavy atom. The van der Waals surface area contributed by atoms with E-state index in [1.807, 2.05) is 0 Å². The Bertz CT molecular complexity index is 255. The Balaban J connectivity index is 2.66. The largest absolute Gasteiger partial charge is 0.350 e. The van der Waals surface area contributed by atoms with Gasteiger partial charge in [-0.1, -0.05) is 26.7 Å². The van der Waals surface area contributed by atoms with Crippen molar-refractivity contribution < 1.29 is 4.79 Å². The van der Waals surface area contributed by atoms with Crippen molar-refractivity contribution in [3.8, 4) is 0 Å². The molecule has 3 nitrogen and oxygen atoms in total. The minimum atomic E-state index is -0.292. The number of hydrogen-bond donors (Lipinski definition) is 2. The van der Waals surface area contributed by atoms with Crippen molar-refractivity contribution in [2.45, 2.75) is 77.3 Å². The molecule has 1 heterocycles. The first kappa shape index (κ1) is 14.5. The zero-order valence-electron chi connectivity index (χ0n) is 11.9. The van der Waals surface area contributed by atoms with Crippen molar-refractivity contribution in [1.82, 2.24) is 10.6 Å². The van der Waals surface area contributed by atoms with E-state index in [2.05, 4.69) is 38.3 Å². The molecule has 1 fully saturated rings. The van der Waals surface area contributed by atoms with Gasteiger partial charge < -0.3 is 10.6 Å². The molecular weight excluding hydrogens is 212 g/mol. The van der Waals surface area contributed by atoms with Crippen LogP contribution in [0.4, 0.5) is 0 Å². The minimum absolute atomic E-state index is 0.0865. The molecule has 0 radical (unpaired) electrons. The fraction of sp³-hybridized carbons (Fsp3) is 0.929. The number of carbonyl (C=O) groups excluding carboxylic acids is 1. The zero-order chi connectivity index (χ0) is 12.9. The summed E-state index contributed by atoms with van der Waals surface area (Å²) in [5, 5.41) is 6.65. The zero-order valence-corrected chi connectivity index (χ0v) is 11.9. The quantitative estimate of drug-likeness (QED) is 0.749. The molecule has 1 aliphatic rings. The first-order valence-electron chi connectivity index (χ1n) is 7.03. The Morgan fingerprint density at radius 1 is 1.35 bits per heavy atom. The van der Waals surface area contributed by atoms with Crippen molar-refractivity contribution >= 4 is 5.91 Å². The molecule has 0 aromatic carbocycles. The van der Waals surface area contributed by atoms with Gasteiger partial charge in [-0.05, 0) is 46.1 Å². The molecule has 0 spiro atoms. The third-order valence-electron chi connectivity index (χ3n) is 3.68. The monoisotopic (exact) mass is 240 g/mol. The second-order valence-corrected chi connectivity index (χ2v) is 5.95. The van der Waals surface area contributed by atoms with Gasteiger partial charge >= 0.3 is 0 Å². The molecule has 0 aromatic heterocycles. The van der Waals surface area contributed by atoms with Crippen molar-refractivity contribution in [2.24, 2.45) is 0 Å². The lowest BCUT2D eigenvalue weighted by Gasteiger charge is -2.34. The molecule has 1 saturated heterocycles. The van der Waals surface area contributed by atoms with E-state index in [0.29, 0.717) is 0 Å². The fourth-order valence-electron chi connectivity index (χ4n) is 2.87. The molecule has 0 bridgehead atoms. The molecule has 0 saturated carbocycles. The van der Waals surface area contributed by atoms with E-state index in [9.17, 15) is 4.79 Å². The van der Waals surface area contributed by atoms with E-state index in [4.69, 9.17) is 0 Å². The maximum Gasteiger partial charge on any atom is 0.240 e. The Kier molecular flexibility index (Phi) is 4.99. The van der Waals surface area contributed by atoms with Crippen molar-refractivity contribution in [1.29, 1.82) is 0 Å². The van der Waals surface area contributed by atoms with Gasteiger partial charge in [-0.3, -0.25) is 4.79 Å². The van der Waals surface area contributed by atoms with Gasteiger partial charge in [-0.25, -0.2) is 0 Å². The predicted molar refractivity (Wildman–Crippen MR) is 72.0 cm³/mol. The molecule has 1 amide bonds. The summed E-state index contributed by atoms with van der Waals surface area (Å²) < 4.78 is 0.